The van der Waals surface area contributed by atoms with Crippen LogP contribution in [0.1, 0.15) is 33.5 Å². The highest BCUT2D eigenvalue weighted by molar-refractivity contribution is 5.78. The molecule has 8 heteroatoms. The van der Waals surface area contributed by atoms with Gasteiger partial charge < -0.3 is 15.4 Å². The maximum Gasteiger partial charge on any atom is 0.137 e. The zero-order valence-corrected chi connectivity index (χ0v) is 12.4. The Hall–Kier alpha value is -2.25. The summed E-state index contributed by atoms with van der Waals surface area (Å²) in [5, 5.41) is 26.8. The topological polar surface area (TPSA) is 119 Å². The van der Waals surface area contributed by atoms with Crippen LogP contribution in [0.2, 0.25) is 0 Å². The zero-order chi connectivity index (χ0) is 15.5. The Morgan fingerprint density at radius 1 is 1.26 bits per heavy atom. The van der Waals surface area contributed by atoms with E-state index in [0.717, 1.165) is 5.82 Å². The molecule has 1 rings (SSSR count). The molecule has 3 N–H and O–H groups in total. The summed E-state index contributed by atoms with van der Waals surface area (Å²) in [5.74, 6) is 0.856. The van der Waals surface area contributed by atoms with E-state index < -0.39 is 0 Å². The summed E-state index contributed by atoms with van der Waals surface area (Å²) in [7, 11) is 1.75. The highest BCUT2D eigenvalue weighted by Gasteiger charge is 1.75. The van der Waals surface area contributed by atoms with Gasteiger partial charge in [-0.2, -0.15) is 5.10 Å². The maximum absolute atomic E-state index is 7.73. The van der Waals surface area contributed by atoms with Crippen molar-refractivity contribution in [2.75, 3.05) is 7.05 Å². The fourth-order valence-electron chi connectivity index (χ4n) is 0.267. The molecular formula is C11H24N6O2. The molecule has 0 unspecified atom stereocenters. The Bertz CT molecular complexity index is 311. The number of hydrogen-bond donors (Lipinski definition) is 3. The number of aryl methyl sites for hydroxylation is 1. The van der Waals surface area contributed by atoms with Crippen LogP contribution >= 0.6 is 0 Å². The predicted octanol–water partition coefficient (Wildman–Crippen LogP) is 2.14. The number of nitrogens with zero attached hydrogens (tertiary/aromatic N) is 5. The molecule has 0 saturated heterocycles. The average Bonchev–Trinajstić information content (AvgIpc) is 2.91. The molecule has 0 atom stereocenters. The standard InChI is InChI=1S/C3H5N3.C3H7NO.C3H7N.C2H5NO/c1-3-4-2-5-6-3;1-3(2)4-5;1-3-4-2;1-2-3-4/h2H,1H3,(H,4,5,6);5H,1-2H3;3H,1-2H3;2,4H,1H3/b;;;3-2+. The van der Waals surface area contributed by atoms with Crippen molar-refractivity contribution in [1.82, 2.24) is 15.2 Å². The summed E-state index contributed by atoms with van der Waals surface area (Å²) in [6, 6.07) is 0. The second-order valence-corrected chi connectivity index (χ2v) is 3.01. The van der Waals surface area contributed by atoms with Gasteiger partial charge in [-0.25, -0.2) is 4.98 Å². The molecule has 0 bridgehead atoms. The first-order valence-corrected chi connectivity index (χ1v) is 5.46. The lowest BCUT2D eigenvalue weighted by Gasteiger charge is -1.72. The minimum atomic E-state index is 0.685. The summed E-state index contributed by atoms with van der Waals surface area (Å²) in [6.07, 6.45) is 4.54. The first kappa shape index (κ1) is 22.0. The van der Waals surface area contributed by atoms with Gasteiger partial charge in [0.2, 0.25) is 0 Å². The van der Waals surface area contributed by atoms with Crippen LogP contribution in [0.3, 0.4) is 0 Å². The Balaban J connectivity index is -0.000000184. The third-order valence-corrected chi connectivity index (χ3v) is 1.11. The molecule has 19 heavy (non-hydrogen) atoms. The predicted molar refractivity (Wildman–Crippen MR) is 77.7 cm³/mol. The highest BCUT2D eigenvalue weighted by atomic mass is 16.4. The number of aromatic amines is 1. The highest BCUT2D eigenvalue weighted by Crippen LogP contribution is 1.73. The lowest BCUT2D eigenvalue weighted by molar-refractivity contribution is 0.318. The molecule has 0 spiro atoms. The first-order valence-electron chi connectivity index (χ1n) is 5.46. The summed E-state index contributed by atoms with van der Waals surface area (Å²) < 4.78 is 0. The third-order valence-electron chi connectivity index (χ3n) is 1.11. The molecule has 110 valence electrons. The normalized spacial score (nSPS) is 8.53. The fourth-order valence-corrected chi connectivity index (χ4v) is 0.267. The van der Waals surface area contributed by atoms with Gasteiger partial charge in [0, 0.05) is 13.3 Å². The van der Waals surface area contributed by atoms with E-state index in [0.29, 0.717) is 5.71 Å². The molecule has 0 saturated carbocycles. The van der Waals surface area contributed by atoms with Crippen molar-refractivity contribution in [2.45, 2.75) is 34.6 Å². The van der Waals surface area contributed by atoms with Crippen molar-refractivity contribution in [1.29, 1.82) is 0 Å². The second kappa shape index (κ2) is 21.1. The molecule has 0 aliphatic rings. The van der Waals surface area contributed by atoms with Gasteiger partial charge >= 0.3 is 0 Å². The number of hydrogen-bond acceptors (Lipinski definition) is 7. The SMILES string of the molecule is C/C=N/O.CC(C)=NO.CC=NC.Cc1ncn[nH]1. The van der Waals surface area contributed by atoms with Gasteiger partial charge in [0.25, 0.3) is 0 Å². The van der Waals surface area contributed by atoms with Crippen LogP contribution < -0.4 is 0 Å². The van der Waals surface area contributed by atoms with Crippen molar-refractivity contribution >= 4 is 18.1 Å². The summed E-state index contributed by atoms with van der Waals surface area (Å²) >= 11 is 0. The van der Waals surface area contributed by atoms with Crippen molar-refractivity contribution in [2.24, 2.45) is 15.3 Å². The van der Waals surface area contributed by atoms with E-state index in [9.17, 15) is 0 Å². The first-order chi connectivity index (χ1) is 8.99. The van der Waals surface area contributed by atoms with Crippen LogP contribution in [-0.4, -0.2) is 50.8 Å². The lowest BCUT2D eigenvalue weighted by atomic mass is 10.5. The van der Waals surface area contributed by atoms with Gasteiger partial charge in [-0.3, -0.25) is 5.10 Å². The number of aromatic nitrogens is 3. The van der Waals surface area contributed by atoms with E-state index in [2.05, 4.69) is 30.5 Å². The Morgan fingerprint density at radius 2 is 1.68 bits per heavy atom. The van der Waals surface area contributed by atoms with Gasteiger partial charge in [-0.05, 0) is 40.8 Å². The Kier molecular flexibility index (Phi) is 24.4. The van der Waals surface area contributed by atoms with Crippen LogP contribution in [-0.2, 0) is 0 Å². The van der Waals surface area contributed by atoms with E-state index in [4.69, 9.17) is 10.4 Å². The molecule has 1 aromatic rings. The molecule has 0 aromatic carbocycles. The van der Waals surface area contributed by atoms with Gasteiger partial charge in [0.15, 0.2) is 0 Å². The van der Waals surface area contributed by atoms with Crippen LogP contribution in [0, 0.1) is 6.92 Å². The van der Waals surface area contributed by atoms with E-state index in [1.165, 1.54) is 12.5 Å². The van der Waals surface area contributed by atoms with Gasteiger partial charge in [0.05, 0.1) is 5.71 Å². The van der Waals surface area contributed by atoms with Crippen molar-refractivity contribution in [3.05, 3.63) is 12.2 Å². The van der Waals surface area contributed by atoms with Crippen LogP contribution in [0.25, 0.3) is 0 Å². The lowest BCUT2D eigenvalue weighted by Crippen LogP contribution is -1.74. The molecule has 0 fully saturated rings. The average molecular weight is 272 g/mol. The number of rotatable bonds is 0. The van der Waals surface area contributed by atoms with Crippen molar-refractivity contribution in [3.63, 3.8) is 0 Å². The molecule has 0 radical (unpaired) electrons. The van der Waals surface area contributed by atoms with E-state index >= 15 is 0 Å². The van der Waals surface area contributed by atoms with Gasteiger partial charge in [-0.15, -0.1) is 5.16 Å². The minimum absolute atomic E-state index is 0.685. The van der Waals surface area contributed by atoms with Crippen LogP contribution in [0.4, 0.5) is 0 Å². The smallest absolute Gasteiger partial charge is 0.137 e. The molecule has 0 amide bonds. The van der Waals surface area contributed by atoms with Crippen LogP contribution in [0.15, 0.2) is 21.6 Å². The number of aliphatic imine (C=N–C) groups is 1. The molecule has 0 aliphatic heterocycles. The largest absolute Gasteiger partial charge is 0.411 e. The van der Waals surface area contributed by atoms with Gasteiger partial charge in [-0.1, -0.05) is 5.16 Å². The van der Waals surface area contributed by atoms with Crippen molar-refractivity contribution < 1.29 is 10.4 Å². The fraction of sp³-hybridized carbons (Fsp3) is 0.545. The molecule has 1 aromatic heterocycles. The Labute approximate surface area is 114 Å². The Morgan fingerprint density at radius 3 is 1.74 bits per heavy atom. The summed E-state index contributed by atoms with van der Waals surface area (Å²) in [6.45, 7) is 8.83. The number of oxime groups is 2. The monoisotopic (exact) mass is 272 g/mol. The maximum atomic E-state index is 7.73. The van der Waals surface area contributed by atoms with E-state index in [1.54, 1.807) is 34.0 Å². The molecule has 0 aliphatic carbocycles. The number of nitrogens with one attached hydrogen (secondary N) is 1. The van der Waals surface area contributed by atoms with E-state index in [1.807, 2.05) is 13.8 Å². The van der Waals surface area contributed by atoms with Crippen LogP contribution in [0.5, 0.6) is 0 Å². The molecule has 1 heterocycles. The van der Waals surface area contributed by atoms with E-state index in [-0.39, 0.29) is 0 Å². The number of H-pyrrole nitrogens is 1. The third kappa shape index (κ3) is 38.9. The zero-order valence-electron chi connectivity index (χ0n) is 12.4. The quantitative estimate of drug-likeness (QED) is 0.380. The summed E-state index contributed by atoms with van der Waals surface area (Å²) in [5.41, 5.74) is 0.685. The molecular weight excluding hydrogens is 248 g/mol. The van der Waals surface area contributed by atoms with Gasteiger partial charge in [0.1, 0.15) is 12.2 Å². The summed E-state index contributed by atoms with van der Waals surface area (Å²) in [4.78, 5) is 7.36. The second-order valence-electron chi connectivity index (χ2n) is 3.01. The van der Waals surface area contributed by atoms with Crippen molar-refractivity contribution in [3.8, 4) is 0 Å². The minimum Gasteiger partial charge on any atom is -0.411 e. The molecule has 8 nitrogen and oxygen atoms in total.